The van der Waals surface area contributed by atoms with Gasteiger partial charge in [0.25, 0.3) is 0 Å². The first-order chi connectivity index (χ1) is 6.27. The highest BCUT2D eigenvalue weighted by Crippen LogP contribution is 2.21. The van der Waals surface area contributed by atoms with Gasteiger partial charge in [-0.25, -0.2) is 13.1 Å². The number of rotatable bonds is 6. The standard InChI is InChI=1S/C6H11BrF3NO2S/c7-5-14(12,13)11-4-2-1-3-6(8,9)10/h11H,1-5H2. The van der Waals surface area contributed by atoms with E-state index in [4.69, 9.17) is 0 Å². The second-order valence-electron chi connectivity index (χ2n) is 2.69. The molecule has 0 spiro atoms. The molecule has 0 radical (unpaired) electrons. The van der Waals surface area contributed by atoms with Crippen molar-refractivity contribution in [1.82, 2.24) is 4.72 Å². The molecule has 0 saturated carbocycles. The van der Waals surface area contributed by atoms with Crippen molar-refractivity contribution in [3.63, 3.8) is 0 Å². The van der Waals surface area contributed by atoms with Gasteiger partial charge in [-0.05, 0) is 12.8 Å². The quantitative estimate of drug-likeness (QED) is 0.602. The minimum Gasteiger partial charge on any atom is -0.215 e. The first kappa shape index (κ1) is 14.2. The van der Waals surface area contributed by atoms with E-state index in [1.54, 1.807) is 0 Å². The van der Waals surface area contributed by atoms with E-state index in [0.717, 1.165) is 0 Å². The van der Waals surface area contributed by atoms with Gasteiger partial charge in [-0.2, -0.15) is 13.2 Å². The lowest BCUT2D eigenvalue weighted by molar-refractivity contribution is -0.135. The summed E-state index contributed by atoms with van der Waals surface area (Å²) in [5.41, 5.74) is 0. The van der Waals surface area contributed by atoms with Gasteiger partial charge >= 0.3 is 6.18 Å². The maximum Gasteiger partial charge on any atom is 0.389 e. The fourth-order valence-corrected chi connectivity index (χ4v) is 1.73. The largest absolute Gasteiger partial charge is 0.389 e. The van der Waals surface area contributed by atoms with Crippen molar-refractivity contribution in [1.29, 1.82) is 0 Å². The van der Waals surface area contributed by atoms with Crippen molar-refractivity contribution in [2.75, 3.05) is 11.2 Å². The topological polar surface area (TPSA) is 46.2 Å². The van der Waals surface area contributed by atoms with Crippen LogP contribution in [-0.2, 0) is 10.0 Å². The van der Waals surface area contributed by atoms with Crippen molar-refractivity contribution in [3.8, 4) is 0 Å². The molecule has 3 nitrogen and oxygen atoms in total. The number of nitrogens with one attached hydrogen (secondary N) is 1. The molecule has 0 bridgehead atoms. The van der Waals surface area contributed by atoms with Crippen LogP contribution in [0, 0.1) is 0 Å². The van der Waals surface area contributed by atoms with Crippen LogP contribution in [0.25, 0.3) is 0 Å². The Morgan fingerprint density at radius 2 is 1.79 bits per heavy atom. The summed E-state index contributed by atoms with van der Waals surface area (Å²) < 4.78 is 58.4. The normalized spacial score (nSPS) is 13.1. The molecular weight excluding hydrogens is 287 g/mol. The average molecular weight is 298 g/mol. The molecule has 0 aromatic rings. The molecule has 0 rings (SSSR count). The highest BCUT2D eigenvalue weighted by Gasteiger charge is 2.25. The second-order valence-corrected chi connectivity index (χ2v) is 5.80. The van der Waals surface area contributed by atoms with Crippen LogP contribution >= 0.6 is 15.9 Å². The third-order valence-corrected chi connectivity index (χ3v) is 4.09. The van der Waals surface area contributed by atoms with Gasteiger partial charge < -0.3 is 0 Å². The predicted octanol–water partition coefficient (Wildman–Crippen LogP) is 1.99. The van der Waals surface area contributed by atoms with Gasteiger partial charge in [0.05, 0.1) is 0 Å². The minimum atomic E-state index is -4.16. The van der Waals surface area contributed by atoms with Gasteiger partial charge in [-0.15, -0.1) is 0 Å². The summed E-state index contributed by atoms with van der Waals surface area (Å²) >= 11 is 2.74. The molecule has 8 heteroatoms. The lowest BCUT2D eigenvalue weighted by Crippen LogP contribution is -2.25. The molecule has 0 aromatic heterocycles. The minimum absolute atomic E-state index is 0.0456. The van der Waals surface area contributed by atoms with E-state index in [1.807, 2.05) is 0 Å². The Bertz CT molecular complexity index is 252. The van der Waals surface area contributed by atoms with Crippen LogP contribution in [0.1, 0.15) is 19.3 Å². The molecule has 0 aliphatic rings. The molecule has 1 N–H and O–H groups in total. The molecule has 0 aromatic carbocycles. The van der Waals surface area contributed by atoms with Crippen molar-refractivity contribution < 1.29 is 21.6 Å². The number of unbranched alkanes of at least 4 members (excludes halogenated alkanes) is 1. The van der Waals surface area contributed by atoms with Crippen LogP contribution in [0.2, 0.25) is 0 Å². The lowest BCUT2D eigenvalue weighted by atomic mass is 10.2. The molecule has 0 atom stereocenters. The van der Waals surface area contributed by atoms with Crippen LogP contribution in [0.5, 0.6) is 0 Å². The summed E-state index contributed by atoms with van der Waals surface area (Å²) in [6, 6.07) is 0. The number of sulfonamides is 1. The fraction of sp³-hybridized carbons (Fsp3) is 1.00. The van der Waals surface area contributed by atoms with E-state index in [-0.39, 0.29) is 24.0 Å². The summed E-state index contributed by atoms with van der Waals surface area (Å²) in [4.78, 5) is 0. The summed E-state index contributed by atoms with van der Waals surface area (Å²) in [6.07, 6.45) is -4.91. The van der Waals surface area contributed by atoms with Crippen LogP contribution in [-0.4, -0.2) is 25.8 Å². The predicted molar refractivity (Wildman–Crippen MR) is 50.6 cm³/mol. The smallest absolute Gasteiger partial charge is 0.215 e. The van der Waals surface area contributed by atoms with Gasteiger partial charge in [0.2, 0.25) is 10.0 Å². The van der Waals surface area contributed by atoms with Crippen LogP contribution in [0.4, 0.5) is 13.2 Å². The second kappa shape index (κ2) is 5.92. The zero-order valence-electron chi connectivity index (χ0n) is 7.27. The maximum absolute atomic E-state index is 11.6. The van der Waals surface area contributed by atoms with E-state index < -0.39 is 22.6 Å². The molecule has 0 heterocycles. The molecule has 0 aliphatic heterocycles. The van der Waals surface area contributed by atoms with Crippen LogP contribution < -0.4 is 4.72 Å². The molecule has 0 unspecified atom stereocenters. The van der Waals surface area contributed by atoms with Gasteiger partial charge in [0, 0.05) is 13.0 Å². The highest BCUT2D eigenvalue weighted by atomic mass is 79.9. The SMILES string of the molecule is O=S(=O)(CBr)NCCCCC(F)(F)F. The summed E-state index contributed by atoms with van der Waals surface area (Å²) in [5.74, 6) is 0. The van der Waals surface area contributed by atoms with E-state index in [1.165, 1.54) is 0 Å². The zero-order chi connectivity index (χ0) is 11.2. The van der Waals surface area contributed by atoms with Crippen molar-refractivity contribution in [2.45, 2.75) is 25.4 Å². The number of hydrogen-bond donors (Lipinski definition) is 1. The van der Waals surface area contributed by atoms with E-state index >= 15 is 0 Å². The van der Waals surface area contributed by atoms with Gasteiger partial charge in [0.15, 0.2) is 0 Å². The summed E-state index contributed by atoms with van der Waals surface area (Å²) in [7, 11) is -3.35. The van der Waals surface area contributed by atoms with E-state index in [9.17, 15) is 21.6 Å². The Hall–Kier alpha value is 0.180. The van der Waals surface area contributed by atoms with Crippen molar-refractivity contribution in [3.05, 3.63) is 0 Å². The van der Waals surface area contributed by atoms with Crippen molar-refractivity contribution >= 4 is 26.0 Å². The van der Waals surface area contributed by atoms with Gasteiger partial charge in [0.1, 0.15) is 4.66 Å². The van der Waals surface area contributed by atoms with E-state index in [2.05, 4.69) is 20.7 Å². The first-order valence-corrected chi connectivity index (χ1v) is 6.64. The Morgan fingerprint density at radius 3 is 2.21 bits per heavy atom. The van der Waals surface area contributed by atoms with E-state index in [0.29, 0.717) is 0 Å². The number of alkyl halides is 4. The Morgan fingerprint density at radius 1 is 1.21 bits per heavy atom. The van der Waals surface area contributed by atoms with Crippen LogP contribution in [0.3, 0.4) is 0 Å². The fourth-order valence-electron chi connectivity index (χ4n) is 0.717. The van der Waals surface area contributed by atoms with Gasteiger partial charge in [-0.3, -0.25) is 0 Å². The molecule has 0 fully saturated rings. The Balaban J connectivity index is 3.49. The zero-order valence-corrected chi connectivity index (χ0v) is 9.67. The lowest BCUT2D eigenvalue weighted by Gasteiger charge is -2.06. The summed E-state index contributed by atoms with van der Waals surface area (Å²) in [5, 5.41) is 0. The molecule has 0 amide bonds. The monoisotopic (exact) mass is 297 g/mol. The number of halogens is 4. The third kappa shape index (κ3) is 8.76. The van der Waals surface area contributed by atoms with Gasteiger partial charge in [-0.1, -0.05) is 15.9 Å². The first-order valence-electron chi connectivity index (χ1n) is 3.87. The third-order valence-electron chi connectivity index (χ3n) is 1.35. The summed E-state index contributed by atoms with van der Waals surface area (Å²) in [6.45, 7) is 0.0456. The Labute approximate surface area is 89.2 Å². The molecule has 0 saturated heterocycles. The molecular formula is C6H11BrF3NO2S. The maximum atomic E-state index is 11.6. The molecule has 0 aliphatic carbocycles. The number of hydrogen-bond acceptors (Lipinski definition) is 2. The molecule has 86 valence electrons. The Kier molecular flexibility index (Phi) is 5.99. The highest BCUT2D eigenvalue weighted by molar-refractivity contribution is 9.10. The van der Waals surface area contributed by atoms with Crippen molar-refractivity contribution in [2.24, 2.45) is 0 Å². The molecule has 14 heavy (non-hydrogen) atoms. The van der Waals surface area contributed by atoms with Crippen LogP contribution in [0.15, 0.2) is 0 Å². The average Bonchev–Trinajstić information content (AvgIpc) is 2.01.